The van der Waals surface area contributed by atoms with Crippen molar-refractivity contribution in [1.29, 1.82) is 0 Å². The first kappa shape index (κ1) is 28.6. The third-order valence-corrected chi connectivity index (χ3v) is 5.12. The second-order valence-corrected chi connectivity index (χ2v) is 8.75. The Hall–Kier alpha value is -3.47. The van der Waals surface area contributed by atoms with Crippen LogP contribution in [0.2, 0.25) is 0 Å². The average molecular weight is 479 g/mol. The molecule has 4 atom stereocenters. The monoisotopic (exact) mass is 478 g/mol. The number of hydrogen-bond acceptors (Lipinski definition) is 6. The van der Waals surface area contributed by atoms with Crippen molar-refractivity contribution in [1.82, 2.24) is 16.0 Å². The van der Waals surface area contributed by atoms with Crippen LogP contribution in [-0.2, 0) is 30.4 Å². The maximum atomic E-state index is 12.8. The van der Waals surface area contributed by atoms with E-state index >= 15 is 0 Å². The zero-order valence-electron chi connectivity index (χ0n) is 19.8. The maximum absolute atomic E-state index is 12.8. The Balaban J connectivity index is 2.93. The lowest BCUT2D eigenvalue weighted by atomic mass is 9.99. The average Bonchev–Trinajstić information content (AvgIpc) is 2.74. The van der Waals surface area contributed by atoms with Gasteiger partial charge in [-0.25, -0.2) is 4.79 Å². The summed E-state index contributed by atoms with van der Waals surface area (Å²) in [6.07, 6.45) is -0.553. The molecule has 0 bridgehead atoms. The van der Waals surface area contributed by atoms with Crippen molar-refractivity contribution in [2.45, 2.75) is 64.7 Å². The number of nitrogens with one attached hydrogen (secondary N) is 3. The fourth-order valence-electron chi connectivity index (χ4n) is 3.17. The number of carbonyl (C=O) groups is 5. The summed E-state index contributed by atoms with van der Waals surface area (Å²) in [5.41, 5.74) is 6.72. The highest BCUT2D eigenvalue weighted by Crippen LogP contribution is 2.08. The summed E-state index contributed by atoms with van der Waals surface area (Å²) in [5, 5.41) is 25.7. The summed E-state index contributed by atoms with van der Waals surface area (Å²) < 4.78 is 0. The molecule has 0 aliphatic carbocycles. The summed E-state index contributed by atoms with van der Waals surface area (Å²) in [6, 6.07) is 4.10. The van der Waals surface area contributed by atoms with Crippen LogP contribution >= 0.6 is 0 Å². The molecule has 1 aromatic carbocycles. The van der Waals surface area contributed by atoms with Gasteiger partial charge in [0.25, 0.3) is 0 Å². The topological polar surface area (TPSA) is 188 Å². The third-order valence-electron chi connectivity index (χ3n) is 5.12. The zero-order valence-corrected chi connectivity index (χ0v) is 19.8. The molecule has 11 nitrogen and oxygen atoms in total. The molecule has 4 unspecified atom stereocenters. The van der Waals surface area contributed by atoms with Gasteiger partial charge in [0.2, 0.25) is 17.7 Å². The Morgan fingerprint density at radius 1 is 0.794 bits per heavy atom. The van der Waals surface area contributed by atoms with Crippen LogP contribution in [0.5, 0.6) is 0 Å². The van der Waals surface area contributed by atoms with Gasteiger partial charge >= 0.3 is 11.9 Å². The number of hydrogen-bond donors (Lipinski definition) is 6. The molecule has 0 heterocycles. The zero-order chi connectivity index (χ0) is 26.0. The Morgan fingerprint density at radius 3 is 1.79 bits per heavy atom. The molecule has 1 aromatic rings. The molecule has 7 N–H and O–H groups in total. The van der Waals surface area contributed by atoms with E-state index in [4.69, 9.17) is 5.73 Å². The minimum Gasteiger partial charge on any atom is -0.481 e. The predicted octanol–water partition coefficient (Wildman–Crippen LogP) is -0.118. The van der Waals surface area contributed by atoms with Crippen molar-refractivity contribution in [2.75, 3.05) is 0 Å². The van der Waals surface area contributed by atoms with Gasteiger partial charge in [-0.1, -0.05) is 58.0 Å². The van der Waals surface area contributed by atoms with E-state index in [9.17, 15) is 34.2 Å². The Labute approximate surface area is 198 Å². The molecular weight excluding hydrogens is 444 g/mol. The first-order chi connectivity index (χ1) is 15.8. The van der Waals surface area contributed by atoms with Gasteiger partial charge in [0.15, 0.2) is 0 Å². The molecular formula is C23H34N4O7. The molecule has 0 saturated carbocycles. The number of amides is 3. The minimum atomic E-state index is -1.48. The van der Waals surface area contributed by atoms with Gasteiger partial charge in [-0.15, -0.1) is 0 Å². The first-order valence-electron chi connectivity index (χ1n) is 11.0. The number of carbonyl (C=O) groups excluding carboxylic acids is 3. The predicted molar refractivity (Wildman–Crippen MR) is 123 cm³/mol. The van der Waals surface area contributed by atoms with Gasteiger partial charge in [0, 0.05) is 0 Å². The third kappa shape index (κ3) is 9.18. The van der Waals surface area contributed by atoms with E-state index in [1.54, 1.807) is 52.0 Å². The van der Waals surface area contributed by atoms with Gasteiger partial charge in [-0.2, -0.15) is 0 Å². The summed E-state index contributed by atoms with van der Waals surface area (Å²) in [7, 11) is 0. The SMILES string of the molecule is CC(C)C(NC(=O)C(NC(=O)C(CC(=O)O)NC(=O)C(N)Cc1ccccc1)C(C)C)C(=O)O. The number of benzene rings is 1. The molecule has 3 amide bonds. The van der Waals surface area contributed by atoms with Crippen molar-refractivity contribution in [3.8, 4) is 0 Å². The highest BCUT2D eigenvalue weighted by Gasteiger charge is 2.33. The van der Waals surface area contributed by atoms with Crippen LogP contribution in [0.1, 0.15) is 39.7 Å². The number of carboxylic acid groups (broad SMARTS) is 2. The number of rotatable bonds is 13. The number of carboxylic acids is 2. The molecule has 0 fully saturated rings. The first-order valence-corrected chi connectivity index (χ1v) is 11.0. The second kappa shape index (κ2) is 13.3. The molecule has 0 aliphatic rings. The Bertz CT molecular complexity index is 873. The van der Waals surface area contributed by atoms with Crippen LogP contribution in [0, 0.1) is 11.8 Å². The van der Waals surface area contributed by atoms with Crippen molar-refractivity contribution in [3.05, 3.63) is 35.9 Å². The quantitative estimate of drug-likeness (QED) is 0.226. The highest BCUT2D eigenvalue weighted by molar-refractivity contribution is 5.95. The summed E-state index contributed by atoms with van der Waals surface area (Å²) in [5.74, 6) is -5.77. The van der Waals surface area contributed by atoms with Crippen LogP contribution in [0.25, 0.3) is 0 Å². The van der Waals surface area contributed by atoms with Crippen LogP contribution in [0.4, 0.5) is 0 Å². The maximum Gasteiger partial charge on any atom is 0.326 e. The van der Waals surface area contributed by atoms with E-state index in [1.807, 2.05) is 6.07 Å². The van der Waals surface area contributed by atoms with Crippen LogP contribution < -0.4 is 21.7 Å². The number of nitrogens with two attached hydrogens (primary N) is 1. The van der Waals surface area contributed by atoms with Crippen LogP contribution in [-0.4, -0.2) is 64.0 Å². The molecule has 11 heteroatoms. The van der Waals surface area contributed by atoms with Gasteiger partial charge in [-0.3, -0.25) is 19.2 Å². The Kier molecular flexibility index (Phi) is 11.2. The van der Waals surface area contributed by atoms with Crippen LogP contribution in [0.15, 0.2) is 30.3 Å². The van der Waals surface area contributed by atoms with E-state index in [0.29, 0.717) is 0 Å². The van der Waals surface area contributed by atoms with E-state index in [0.717, 1.165) is 5.56 Å². The Morgan fingerprint density at radius 2 is 1.32 bits per heavy atom. The van der Waals surface area contributed by atoms with Crippen molar-refractivity contribution < 1.29 is 34.2 Å². The summed E-state index contributed by atoms with van der Waals surface area (Å²) in [6.45, 7) is 6.52. The van der Waals surface area contributed by atoms with Gasteiger partial charge < -0.3 is 31.9 Å². The fraction of sp³-hybridized carbons (Fsp3) is 0.522. The van der Waals surface area contributed by atoms with E-state index in [2.05, 4.69) is 16.0 Å². The summed E-state index contributed by atoms with van der Waals surface area (Å²) >= 11 is 0. The second-order valence-electron chi connectivity index (χ2n) is 8.75. The molecule has 0 aromatic heterocycles. The molecule has 1 rings (SSSR count). The van der Waals surface area contributed by atoms with Gasteiger partial charge in [0.05, 0.1) is 12.5 Å². The number of aliphatic carboxylic acids is 2. The lowest BCUT2D eigenvalue weighted by molar-refractivity contribution is -0.144. The van der Waals surface area contributed by atoms with Crippen LogP contribution in [0.3, 0.4) is 0 Å². The molecule has 0 spiro atoms. The van der Waals surface area contributed by atoms with E-state index in [-0.39, 0.29) is 6.42 Å². The van der Waals surface area contributed by atoms with E-state index < -0.39 is 72.1 Å². The standard InChI is InChI=1S/C23H34N4O7/c1-12(2)18(22(32)27-19(13(3)4)23(33)34)26-21(31)16(11-17(28)29)25-20(30)15(24)10-14-8-6-5-7-9-14/h5-9,12-13,15-16,18-19H,10-11,24H2,1-4H3,(H,25,30)(H,26,31)(H,27,32)(H,28,29)(H,33,34). The smallest absolute Gasteiger partial charge is 0.326 e. The fourth-order valence-corrected chi connectivity index (χ4v) is 3.17. The largest absolute Gasteiger partial charge is 0.481 e. The van der Waals surface area contributed by atoms with Crippen molar-refractivity contribution >= 4 is 29.7 Å². The highest BCUT2D eigenvalue weighted by atomic mass is 16.4. The lowest BCUT2D eigenvalue weighted by Crippen LogP contribution is -2.59. The summed E-state index contributed by atoms with van der Waals surface area (Å²) in [4.78, 5) is 60.8. The van der Waals surface area contributed by atoms with Gasteiger partial charge in [-0.05, 0) is 23.8 Å². The van der Waals surface area contributed by atoms with Gasteiger partial charge in [0.1, 0.15) is 18.1 Å². The lowest BCUT2D eigenvalue weighted by Gasteiger charge is -2.27. The van der Waals surface area contributed by atoms with Crippen molar-refractivity contribution in [2.24, 2.45) is 17.6 Å². The normalized spacial score (nSPS) is 14.6. The molecule has 0 radical (unpaired) electrons. The molecule has 188 valence electrons. The molecule has 34 heavy (non-hydrogen) atoms. The molecule has 0 saturated heterocycles. The molecule has 0 aliphatic heterocycles. The minimum absolute atomic E-state index is 0.177. The van der Waals surface area contributed by atoms with E-state index in [1.165, 1.54) is 0 Å². The van der Waals surface area contributed by atoms with Crippen molar-refractivity contribution in [3.63, 3.8) is 0 Å².